The fourth-order valence-electron chi connectivity index (χ4n) is 3.72. The molecule has 0 unspecified atom stereocenters. The van der Waals surface area contributed by atoms with Crippen molar-refractivity contribution in [1.29, 1.82) is 0 Å². The number of carbonyl (C=O) groups excluding carboxylic acids is 1. The van der Waals surface area contributed by atoms with Crippen molar-refractivity contribution in [1.82, 2.24) is 9.80 Å². The van der Waals surface area contributed by atoms with Gasteiger partial charge in [-0.1, -0.05) is 12.1 Å². The van der Waals surface area contributed by atoms with Gasteiger partial charge in [-0.25, -0.2) is 4.39 Å². The Morgan fingerprint density at radius 2 is 1.70 bits per heavy atom. The van der Waals surface area contributed by atoms with E-state index in [1.807, 2.05) is 11.8 Å². The van der Waals surface area contributed by atoms with Crippen molar-refractivity contribution in [3.05, 3.63) is 53.8 Å². The molecule has 1 fully saturated rings. The summed E-state index contributed by atoms with van der Waals surface area (Å²) >= 11 is 0. The lowest BCUT2D eigenvalue weighted by atomic mass is 10.1. The first-order valence-electron chi connectivity index (χ1n) is 10.0. The van der Waals surface area contributed by atoms with Crippen LogP contribution >= 0.6 is 0 Å². The van der Waals surface area contributed by atoms with Crippen LogP contribution in [0.3, 0.4) is 0 Å². The van der Waals surface area contributed by atoms with E-state index in [2.05, 4.69) is 11.8 Å². The summed E-state index contributed by atoms with van der Waals surface area (Å²) in [7, 11) is 3.13. The number of amides is 1. The molecule has 0 N–H and O–H groups in total. The number of piperazine rings is 1. The standard InChI is InChI=1S/C23H29FN2O4/c1-16-13-26(17(2)12-25(16)14-18-5-7-19(24)8-6-18)23(27)15-30-20-9-10-21(28-3)22(11-20)29-4/h5-11,16-17H,12-15H2,1-4H3/t16-,17+/m1/s1. The zero-order valence-corrected chi connectivity index (χ0v) is 17.9. The number of carbonyl (C=O) groups is 1. The van der Waals surface area contributed by atoms with Crippen molar-refractivity contribution < 1.29 is 23.4 Å². The average molecular weight is 416 g/mol. The molecule has 0 aliphatic carbocycles. The molecule has 0 spiro atoms. The molecule has 30 heavy (non-hydrogen) atoms. The summed E-state index contributed by atoms with van der Waals surface area (Å²) < 4.78 is 29.3. The van der Waals surface area contributed by atoms with Gasteiger partial charge in [-0.15, -0.1) is 0 Å². The van der Waals surface area contributed by atoms with Crippen LogP contribution in [0.1, 0.15) is 19.4 Å². The maximum absolute atomic E-state index is 13.1. The van der Waals surface area contributed by atoms with Crippen molar-refractivity contribution in [3.8, 4) is 17.2 Å². The second-order valence-corrected chi connectivity index (χ2v) is 7.61. The molecule has 1 heterocycles. The van der Waals surface area contributed by atoms with Gasteiger partial charge < -0.3 is 19.1 Å². The van der Waals surface area contributed by atoms with Crippen molar-refractivity contribution >= 4 is 5.91 Å². The molecule has 0 saturated carbocycles. The van der Waals surface area contributed by atoms with Crippen LogP contribution in [0.15, 0.2) is 42.5 Å². The topological polar surface area (TPSA) is 51.2 Å². The third-order valence-electron chi connectivity index (χ3n) is 5.45. The van der Waals surface area contributed by atoms with E-state index in [0.29, 0.717) is 23.8 Å². The second kappa shape index (κ2) is 9.80. The van der Waals surface area contributed by atoms with Crippen LogP contribution in [-0.2, 0) is 11.3 Å². The van der Waals surface area contributed by atoms with Crippen molar-refractivity contribution in [2.24, 2.45) is 0 Å². The van der Waals surface area contributed by atoms with Crippen LogP contribution in [0.4, 0.5) is 4.39 Å². The molecule has 1 amide bonds. The van der Waals surface area contributed by atoms with Gasteiger partial charge in [-0.05, 0) is 43.7 Å². The summed E-state index contributed by atoms with van der Waals surface area (Å²) in [6.45, 7) is 6.21. The minimum atomic E-state index is -0.231. The van der Waals surface area contributed by atoms with E-state index in [9.17, 15) is 9.18 Å². The molecule has 7 heteroatoms. The summed E-state index contributed by atoms with van der Waals surface area (Å²) in [4.78, 5) is 17.0. The van der Waals surface area contributed by atoms with E-state index in [4.69, 9.17) is 14.2 Å². The maximum atomic E-state index is 13.1. The van der Waals surface area contributed by atoms with Crippen molar-refractivity contribution in [3.63, 3.8) is 0 Å². The summed E-state index contributed by atoms with van der Waals surface area (Å²) in [5, 5.41) is 0. The van der Waals surface area contributed by atoms with Crippen molar-refractivity contribution in [2.75, 3.05) is 33.9 Å². The van der Waals surface area contributed by atoms with E-state index in [1.54, 1.807) is 44.6 Å². The van der Waals surface area contributed by atoms with Gasteiger partial charge in [0.1, 0.15) is 11.6 Å². The van der Waals surface area contributed by atoms with E-state index < -0.39 is 0 Å². The molecule has 1 aliphatic heterocycles. The lowest BCUT2D eigenvalue weighted by Gasteiger charge is -2.44. The first-order valence-corrected chi connectivity index (χ1v) is 10.0. The molecule has 1 aliphatic rings. The lowest BCUT2D eigenvalue weighted by molar-refractivity contribution is -0.139. The molecular weight excluding hydrogens is 387 g/mol. The minimum Gasteiger partial charge on any atom is -0.493 e. The van der Waals surface area contributed by atoms with Crippen LogP contribution in [0.5, 0.6) is 17.2 Å². The molecule has 0 bridgehead atoms. The fraction of sp³-hybridized carbons (Fsp3) is 0.435. The summed E-state index contributed by atoms with van der Waals surface area (Å²) in [5.74, 6) is 1.43. The maximum Gasteiger partial charge on any atom is 0.260 e. The second-order valence-electron chi connectivity index (χ2n) is 7.61. The highest BCUT2D eigenvalue weighted by molar-refractivity contribution is 5.78. The highest BCUT2D eigenvalue weighted by Gasteiger charge is 2.32. The van der Waals surface area contributed by atoms with Crippen LogP contribution in [0, 0.1) is 5.82 Å². The zero-order chi connectivity index (χ0) is 21.7. The Kier molecular flexibility index (Phi) is 7.15. The van der Waals surface area contributed by atoms with Gasteiger partial charge in [0.05, 0.1) is 14.2 Å². The Balaban J connectivity index is 1.56. The summed E-state index contributed by atoms with van der Waals surface area (Å²) in [6, 6.07) is 12.0. The number of benzene rings is 2. The van der Waals surface area contributed by atoms with E-state index in [0.717, 1.165) is 18.7 Å². The average Bonchev–Trinajstić information content (AvgIpc) is 2.75. The van der Waals surface area contributed by atoms with E-state index in [1.165, 1.54) is 12.1 Å². The molecule has 2 aromatic carbocycles. The number of methoxy groups -OCH3 is 2. The Morgan fingerprint density at radius 1 is 1.00 bits per heavy atom. The first kappa shape index (κ1) is 21.9. The van der Waals surface area contributed by atoms with Crippen LogP contribution < -0.4 is 14.2 Å². The van der Waals surface area contributed by atoms with Gasteiger partial charge in [0.2, 0.25) is 0 Å². The van der Waals surface area contributed by atoms with Gasteiger partial charge in [-0.3, -0.25) is 9.69 Å². The van der Waals surface area contributed by atoms with E-state index >= 15 is 0 Å². The number of hydrogen-bond donors (Lipinski definition) is 0. The predicted molar refractivity (Wildman–Crippen MR) is 112 cm³/mol. The molecule has 6 nitrogen and oxygen atoms in total. The molecule has 2 atom stereocenters. The Labute approximate surface area is 177 Å². The van der Waals surface area contributed by atoms with Crippen LogP contribution in [-0.4, -0.2) is 61.7 Å². The predicted octanol–water partition coefficient (Wildman–Crippen LogP) is 3.34. The normalized spacial score (nSPS) is 19.4. The summed E-state index contributed by atoms with van der Waals surface area (Å²) in [6.07, 6.45) is 0. The molecule has 0 radical (unpaired) electrons. The minimum absolute atomic E-state index is 0.0372. The highest BCUT2D eigenvalue weighted by atomic mass is 19.1. The smallest absolute Gasteiger partial charge is 0.260 e. The lowest BCUT2D eigenvalue weighted by Crippen LogP contribution is -2.58. The molecule has 3 rings (SSSR count). The van der Waals surface area contributed by atoms with E-state index in [-0.39, 0.29) is 30.4 Å². The molecular formula is C23H29FN2O4. The zero-order valence-electron chi connectivity index (χ0n) is 17.9. The SMILES string of the molecule is COc1ccc(OCC(=O)N2C[C@@H](C)N(Cc3ccc(F)cc3)C[C@@H]2C)cc1OC. The monoisotopic (exact) mass is 416 g/mol. The van der Waals surface area contributed by atoms with Crippen LogP contribution in [0.2, 0.25) is 0 Å². The Bertz CT molecular complexity index is 859. The van der Waals surface area contributed by atoms with Gasteiger partial charge >= 0.3 is 0 Å². The van der Waals surface area contributed by atoms with Crippen molar-refractivity contribution in [2.45, 2.75) is 32.5 Å². The number of nitrogens with zero attached hydrogens (tertiary/aromatic N) is 2. The highest BCUT2D eigenvalue weighted by Crippen LogP contribution is 2.31. The first-order chi connectivity index (χ1) is 14.4. The number of hydrogen-bond acceptors (Lipinski definition) is 5. The summed E-state index contributed by atoms with van der Waals surface area (Å²) in [5.41, 5.74) is 1.06. The van der Waals surface area contributed by atoms with Gasteiger partial charge in [0.15, 0.2) is 18.1 Å². The fourth-order valence-corrected chi connectivity index (χ4v) is 3.72. The van der Waals surface area contributed by atoms with Gasteiger partial charge in [0.25, 0.3) is 5.91 Å². The molecule has 1 saturated heterocycles. The third-order valence-corrected chi connectivity index (χ3v) is 5.45. The number of halogens is 1. The molecule has 2 aromatic rings. The van der Waals surface area contributed by atoms with Gasteiger partial charge in [0, 0.05) is 37.8 Å². The third kappa shape index (κ3) is 5.21. The largest absolute Gasteiger partial charge is 0.493 e. The Hall–Kier alpha value is -2.80. The molecule has 162 valence electrons. The number of rotatable bonds is 7. The Morgan fingerprint density at radius 3 is 2.37 bits per heavy atom. The van der Waals surface area contributed by atoms with Crippen LogP contribution in [0.25, 0.3) is 0 Å². The number of ether oxygens (including phenoxy) is 3. The quantitative estimate of drug-likeness (QED) is 0.693. The molecule has 0 aromatic heterocycles. The van der Waals surface area contributed by atoms with Gasteiger partial charge in [-0.2, -0.15) is 0 Å².